The molecule has 5 heteroatoms. The van der Waals surface area contributed by atoms with Crippen molar-refractivity contribution in [3.8, 4) is 12.3 Å². The molecule has 1 aliphatic heterocycles. The van der Waals surface area contributed by atoms with E-state index in [2.05, 4.69) is 4.74 Å². The fraction of sp³-hybridized carbons (Fsp3) is 0.714. The Morgan fingerprint density at radius 1 is 1.00 bits per heavy atom. The molecule has 0 aliphatic carbocycles. The minimum Gasteiger partial charge on any atom is -0.387 e. The zero-order valence-corrected chi connectivity index (χ0v) is 6.16. The van der Waals surface area contributed by atoms with Crippen molar-refractivity contribution in [2.45, 2.75) is 30.7 Å². The first-order valence-electron chi connectivity index (χ1n) is 3.41. The monoisotopic (exact) mass is 174 g/mol. The van der Waals surface area contributed by atoms with Gasteiger partial charge in [0.1, 0.15) is 24.4 Å². The minimum atomic E-state index is -1.55. The lowest BCUT2D eigenvalue weighted by Gasteiger charge is -2.35. The van der Waals surface area contributed by atoms with Crippen LogP contribution in [0.25, 0.3) is 0 Å². The first-order chi connectivity index (χ1) is 5.57. The van der Waals surface area contributed by atoms with Crippen molar-refractivity contribution in [2.75, 3.05) is 0 Å². The van der Waals surface area contributed by atoms with E-state index in [1.165, 1.54) is 0 Å². The molecule has 1 fully saturated rings. The maximum atomic E-state index is 9.14. The molecule has 1 heterocycles. The van der Waals surface area contributed by atoms with Crippen molar-refractivity contribution >= 4 is 0 Å². The Balaban J connectivity index is 2.72. The average Bonchev–Trinajstić information content (AvgIpc) is 2.08. The number of aliphatic hydroxyl groups is 4. The van der Waals surface area contributed by atoms with Crippen molar-refractivity contribution < 1.29 is 25.2 Å². The van der Waals surface area contributed by atoms with E-state index in [9.17, 15) is 0 Å². The zero-order valence-electron chi connectivity index (χ0n) is 6.16. The molecular formula is C7H10O5. The highest BCUT2D eigenvalue weighted by molar-refractivity contribution is 5.04. The number of terminal acetylenes is 1. The van der Waals surface area contributed by atoms with Crippen molar-refractivity contribution in [1.82, 2.24) is 0 Å². The maximum Gasteiger partial charge on any atom is 0.185 e. The zero-order chi connectivity index (χ0) is 9.30. The molecule has 0 saturated carbocycles. The second-order valence-electron chi connectivity index (χ2n) is 2.59. The fourth-order valence-corrected chi connectivity index (χ4v) is 0.999. The molecule has 4 N–H and O–H groups in total. The number of aliphatic hydroxyl groups excluding tert-OH is 4. The molecule has 0 spiro atoms. The molecular weight excluding hydrogens is 164 g/mol. The van der Waals surface area contributed by atoms with Crippen molar-refractivity contribution in [1.29, 1.82) is 0 Å². The Hall–Kier alpha value is -0.640. The van der Waals surface area contributed by atoms with Gasteiger partial charge in [0.05, 0.1) is 0 Å². The lowest BCUT2D eigenvalue weighted by molar-refractivity contribution is -0.269. The summed E-state index contributed by atoms with van der Waals surface area (Å²) in [5.41, 5.74) is 0. The lowest BCUT2D eigenvalue weighted by atomic mass is 10.00. The predicted molar refractivity (Wildman–Crippen MR) is 37.7 cm³/mol. The quantitative estimate of drug-likeness (QED) is 0.303. The Labute approximate surface area is 69.2 Å². The summed E-state index contributed by atoms with van der Waals surface area (Å²) < 4.78 is 4.59. The van der Waals surface area contributed by atoms with E-state index in [4.69, 9.17) is 26.8 Å². The Bertz CT molecular complexity index is 198. The summed E-state index contributed by atoms with van der Waals surface area (Å²) in [6, 6.07) is 0. The van der Waals surface area contributed by atoms with Crippen LogP contribution in [0.2, 0.25) is 0 Å². The number of hydrogen-bond acceptors (Lipinski definition) is 5. The minimum absolute atomic E-state index is 1.08. The third kappa shape index (κ3) is 1.43. The van der Waals surface area contributed by atoms with Gasteiger partial charge in [0, 0.05) is 0 Å². The maximum absolute atomic E-state index is 9.14. The van der Waals surface area contributed by atoms with Crippen molar-refractivity contribution in [3.05, 3.63) is 0 Å². The van der Waals surface area contributed by atoms with Gasteiger partial charge in [0.15, 0.2) is 6.29 Å². The van der Waals surface area contributed by atoms with Gasteiger partial charge < -0.3 is 25.2 Å². The summed E-state index contributed by atoms with van der Waals surface area (Å²) in [4.78, 5) is 0. The van der Waals surface area contributed by atoms with Crippen LogP contribution in [-0.4, -0.2) is 51.1 Å². The van der Waals surface area contributed by atoms with E-state index in [0.717, 1.165) is 0 Å². The van der Waals surface area contributed by atoms with Crippen LogP contribution < -0.4 is 0 Å². The van der Waals surface area contributed by atoms with E-state index < -0.39 is 30.7 Å². The lowest BCUT2D eigenvalue weighted by Crippen LogP contribution is -2.56. The van der Waals surface area contributed by atoms with Gasteiger partial charge in [-0.05, 0) is 0 Å². The topological polar surface area (TPSA) is 90.2 Å². The van der Waals surface area contributed by atoms with E-state index in [0.29, 0.717) is 0 Å². The Morgan fingerprint density at radius 2 is 1.58 bits per heavy atom. The van der Waals surface area contributed by atoms with Crippen LogP contribution >= 0.6 is 0 Å². The van der Waals surface area contributed by atoms with Crippen LogP contribution in [0.15, 0.2) is 0 Å². The fourth-order valence-electron chi connectivity index (χ4n) is 0.999. The molecule has 1 rings (SSSR count). The third-order valence-electron chi connectivity index (χ3n) is 1.75. The normalized spacial score (nSPS) is 48.4. The van der Waals surface area contributed by atoms with E-state index in [1.54, 1.807) is 0 Å². The molecule has 0 amide bonds. The highest BCUT2D eigenvalue weighted by Crippen LogP contribution is 2.18. The standard InChI is InChI=1S/C7H10O5/c1-2-3-4(8)5(9)6(10)7(11)12-3/h1,3-11H/t3-,4-,5+,6-,7+/m1/s1. The SMILES string of the molecule is C#C[C@H]1O[C@H](O)[C@H](O)[C@@H](O)[C@@H]1O. The summed E-state index contributed by atoms with van der Waals surface area (Å²) in [6.45, 7) is 0. The van der Waals surface area contributed by atoms with Gasteiger partial charge in [-0.3, -0.25) is 0 Å². The van der Waals surface area contributed by atoms with Crippen molar-refractivity contribution in [3.63, 3.8) is 0 Å². The van der Waals surface area contributed by atoms with Crippen LogP contribution in [-0.2, 0) is 4.74 Å². The second-order valence-corrected chi connectivity index (χ2v) is 2.59. The molecule has 68 valence electrons. The molecule has 1 saturated heterocycles. The molecule has 12 heavy (non-hydrogen) atoms. The van der Waals surface area contributed by atoms with Gasteiger partial charge in [-0.25, -0.2) is 0 Å². The van der Waals surface area contributed by atoms with Gasteiger partial charge in [0.2, 0.25) is 0 Å². The summed E-state index contributed by atoms with van der Waals surface area (Å²) in [5, 5.41) is 36.1. The van der Waals surface area contributed by atoms with Gasteiger partial charge >= 0.3 is 0 Å². The molecule has 0 radical (unpaired) electrons. The van der Waals surface area contributed by atoms with Crippen molar-refractivity contribution in [2.24, 2.45) is 0 Å². The van der Waals surface area contributed by atoms with Gasteiger partial charge in [-0.1, -0.05) is 5.92 Å². The molecule has 5 nitrogen and oxygen atoms in total. The summed E-state index contributed by atoms with van der Waals surface area (Å²) in [5.74, 6) is 2.03. The summed E-state index contributed by atoms with van der Waals surface area (Å²) >= 11 is 0. The number of ether oxygens (including phenoxy) is 1. The highest BCUT2D eigenvalue weighted by Gasteiger charge is 2.42. The van der Waals surface area contributed by atoms with Gasteiger partial charge in [-0.15, -0.1) is 6.42 Å². The van der Waals surface area contributed by atoms with Crippen LogP contribution in [0, 0.1) is 12.3 Å². The Morgan fingerprint density at radius 3 is 2.08 bits per heavy atom. The van der Waals surface area contributed by atoms with E-state index in [1.807, 2.05) is 5.92 Å². The van der Waals surface area contributed by atoms with E-state index >= 15 is 0 Å². The number of hydrogen-bond donors (Lipinski definition) is 4. The molecule has 0 unspecified atom stereocenters. The molecule has 0 bridgehead atoms. The van der Waals surface area contributed by atoms with E-state index in [-0.39, 0.29) is 0 Å². The van der Waals surface area contributed by atoms with Crippen LogP contribution in [0.4, 0.5) is 0 Å². The summed E-state index contributed by atoms with van der Waals surface area (Å²) in [7, 11) is 0. The predicted octanol–water partition coefficient (Wildman–Crippen LogP) is -2.58. The molecule has 5 atom stereocenters. The molecule has 0 aromatic heterocycles. The Kier molecular flexibility index (Phi) is 2.67. The number of rotatable bonds is 0. The largest absolute Gasteiger partial charge is 0.387 e. The third-order valence-corrected chi connectivity index (χ3v) is 1.75. The summed E-state index contributed by atoms with van der Waals surface area (Å²) in [6.07, 6.45) is -2.08. The smallest absolute Gasteiger partial charge is 0.185 e. The highest BCUT2D eigenvalue weighted by atomic mass is 16.6. The molecule has 1 aliphatic rings. The average molecular weight is 174 g/mol. The first kappa shape index (κ1) is 9.45. The van der Waals surface area contributed by atoms with Gasteiger partial charge in [0.25, 0.3) is 0 Å². The molecule has 0 aromatic carbocycles. The molecule has 0 aromatic rings. The van der Waals surface area contributed by atoms with Crippen LogP contribution in [0.5, 0.6) is 0 Å². The first-order valence-corrected chi connectivity index (χ1v) is 3.41. The second kappa shape index (κ2) is 3.39. The van der Waals surface area contributed by atoms with Crippen LogP contribution in [0.1, 0.15) is 0 Å². The van der Waals surface area contributed by atoms with Crippen LogP contribution in [0.3, 0.4) is 0 Å². The van der Waals surface area contributed by atoms with Gasteiger partial charge in [-0.2, -0.15) is 0 Å².